The van der Waals surface area contributed by atoms with Crippen LogP contribution in [-0.2, 0) is 11.3 Å². The number of carbonyl (C=O) groups excluding carboxylic acids is 1. The maximum Gasteiger partial charge on any atom is 0.233 e. The molecular weight excluding hydrogens is 384 g/mol. The van der Waals surface area contributed by atoms with E-state index in [1.54, 1.807) is 12.0 Å². The number of rotatable bonds is 8. The third kappa shape index (κ3) is 5.17. The second-order valence-electron chi connectivity index (χ2n) is 7.02. The smallest absolute Gasteiger partial charge is 0.233 e. The van der Waals surface area contributed by atoms with E-state index in [1.165, 1.54) is 11.8 Å². The van der Waals surface area contributed by atoms with E-state index in [0.29, 0.717) is 12.3 Å². The van der Waals surface area contributed by atoms with Crippen LogP contribution in [0.2, 0.25) is 0 Å². The van der Waals surface area contributed by atoms with Gasteiger partial charge in [0.1, 0.15) is 5.75 Å². The van der Waals surface area contributed by atoms with Crippen LogP contribution in [0, 0.1) is 0 Å². The van der Waals surface area contributed by atoms with Gasteiger partial charge < -0.3 is 9.64 Å². The summed E-state index contributed by atoms with van der Waals surface area (Å²) in [6.45, 7) is 4.77. The van der Waals surface area contributed by atoms with Gasteiger partial charge in [0.25, 0.3) is 0 Å². The molecule has 6 nitrogen and oxygen atoms in total. The lowest BCUT2D eigenvalue weighted by molar-refractivity contribution is -0.127. The monoisotopic (exact) mass is 410 g/mol. The number of nitrogens with zero attached hydrogens (tertiary/aromatic N) is 4. The van der Waals surface area contributed by atoms with Crippen molar-refractivity contribution in [3.8, 4) is 17.1 Å². The van der Waals surface area contributed by atoms with E-state index in [4.69, 9.17) is 4.74 Å². The molecule has 1 amide bonds. The quantitative estimate of drug-likeness (QED) is 0.519. The van der Waals surface area contributed by atoms with E-state index in [2.05, 4.69) is 28.6 Å². The van der Waals surface area contributed by atoms with Crippen LogP contribution in [0.1, 0.15) is 25.5 Å². The van der Waals surface area contributed by atoms with E-state index in [9.17, 15) is 4.79 Å². The Kier molecular flexibility index (Phi) is 6.93. The first-order valence-electron chi connectivity index (χ1n) is 9.49. The molecule has 0 unspecified atom stereocenters. The summed E-state index contributed by atoms with van der Waals surface area (Å²) in [6.07, 6.45) is 0. The van der Waals surface area contributed by atoms with Crippen LogP contribution in [0.4, 0.5) is 0 Å². The normalized spacial score (nSPS) is 10.9. The van der Waals surface area contributed by atoms with Gasteiger partial charge in [0.05, 0.1) is 12.9 Å². The fraction of sp³-hybridized carbons (Fsp3) is 0.318. The molecule has 3 rings (SSSR count). The van der Waals surface area contributed by atoms with Crippen LogP contribution in [-0.4, -0.2) is 45.5 Å². The molecule has 0 N–H and O–H groups in total. The van der Waals surface area contributed by atoms with Crippen LogP contribution in [0.5, 0.6) is 5.75 Å². The standard InChI is InChI=1S/C22H26N4O2S/c1-16(2)26-21(18-10-12-19(28-4)13-11-18)23-24-22(26)29-15-20(27)25(3)14-17-8-6-5-7-9-17/h5-13,16H,14-15H2,1-4H3. The SMILES string of the molecule is COc1ccc(-c2nnc(SCC(=O)N(C)Cc3ccccc3)n2C(C)C)cc1. The minimum atomic E-state index is 0.0585. The number of hydrogen-bond donors (Lipinski definition) is 0. The van der Waals surface area contributed by atoms with Crippen molar-refractivity contribution < 1.29 is 9.53 Å². The topological polar surface area (TPSA) is 60.3 Å². The molecule has 0 aliphatic rings. The zero-order valence-corrected chi connectivity index (χ0v) is 18.0. The highest BCUT2D eigenvalue weighted by Crippen LogP contribution is 2.28. The molecule has 0 atom stereocenters. The molecule has 0 spiro atoms. The Morgan fingerprint density at radius 2 is 1.79 bits per heavy atom. The highest BCUT2D eigenvalue weighted by atomic mass is 32.2. The van der Waals surface area contributed by atoms with Crippen molar-refractivity contribution in [3.63, 3.8) is 0 Å². The Morgan fingerprint density at radius 1 is 1.10 bits per heavy atom. The zero-order chi connectivity index (χ0) is 20.8. The summed E-state index contributed by atoms with van der Waals surface area (Å²) in [5, 5.41) is 9.47. The highest BCUT2D eigenvalue weighted by molar-refractivity contribution is 7.99. The number of ether oxygens (including phenoxy) is 1. The van der Waals surface area contributed by atoms with Gasteiger partial charge in [-0.1, -0.05) is 42.1 Å². The molecule has 1 aromatic heterocycles. The molecule has 0 aliphatic heterocycles. The summed E-state index contributed by atoms with van der Waals surface area (Å²) >= 11 is 1.42. The van der Waals surface area contributed by atoms with Crippen molar-refractivity contribution in [2.75, 3.05) is 19.9 Å². The Morgan fingerprint density at radius 3 is 2.41 bits per heavy atom. The van der Waals surface area contributed by atoms with Crippen molar-refractivity contribution in [3.05, 3.63) is 60.2 Å². The minimum absolute atomic E-state index is 0.0585. The molecule has 7 heteroatoms. The van der Waals surface area contributed by atoms with Crippen molar-refractivity contribution >= 4 is 17.7 Å². The number of amides is 1. The molecule has 0 bridgehead atoms. The van der Waals surface area contributed by atoms with Gasteiger partial charge in [0, 0.05) is 25.2 Å². The fourth-order valence-electron chi connectivity index (χ4n) is 2.96. The van der Waals surface area contributed by atoms with Crippen LogP contribution in [0.3, 0.4) is 0 Å². The van der Waals surface area contributed by atoms with Gasteiger partial charge in [-0.25, -0.2) is 0 Å². The Bertz CT molecular complexity index is 939. The Balaban J connectivity index is 1.70. The lowest BCUT2D eigenvalue weighted by atomic mass is 10.2. The highest BCUT2D eigenvalue weighted by Gasteiger charge is 2.19. The third-order valence-electron chi connectivity index (χ3n) is 4.54. The molecule has 0 saturated carbocycles. The number of methoxy groups -OCH3 is 1. The molecule has 0 radical (unpaired) electrons. The summed E-state index contributed by atoms with van der Waals surface area (Å²) < 4.78 is 7.30. The van der Waals surface area contributed by atoms with E-state index in [-0.39, 0.29) is 11.9 Å². The molecule has 0 saturated heterocycles. The molecule has 29 heavy (non-hydrogen) atoms. The van der Waals surface area contributed by atoms with Gasteiger partial charge in [-0.2, -0.15) is 0 Å². The van der Waals surface area contributed by atoms with Gasteiger partial charge in [-0.15, -0.1) is 10.2 Å². The molecule has 3 aromatic rings. The first kappa shape index (κ1) is 20.9. The maximum absolute atomic E-state index is 12.6. The number of hydrogen-bond acceptors (Lipinski definition) is 5. The van der Waals surface area contributed by atoms with Gasteiger partial charge in [0.2, 0.25) is 5.91 Å². The predicted molar refractivity (Wildman–Crippen MR) is 116 cm³/mol. The van der Waals surface area contributed by atoms with Gasteiger partial charge >= 0.3 is 0 Å². The van der Waals surface area contributed by atoms with Crippen molar-refractivity contribution in [2.24, 2.45) is 0 Å². The summed E-state index contributed by atoms with van der Waals surface area (Å²) in [5.74, 6) is 1.96. The van der Waals surface area contributed by atoms with E-state index in [0.717, 1.165) is 27.9 Å². The lowest BCUT2D eigenvalue weighted by Gasteiger charge is -2.18. The van der Waals surface area contributed by atoms with E-state index in [1.807, 2.05) is 61.6 Å². The van der Waals surface area contributed by atoms with Crippen molar-refractivity contribution in [2.45, 2.75) is 31.6 Å². The molecule has 0 fully saturated rings. The lowest BCUT2D eigenvalue weighted by Crippen LogP contribution is -2.27. The number of thioether (sulfide) groups is 1. The van der Waals surface area contributed by atoms with Crippen LogP contribution >= 0.6 is 11.8 Å². The summed E-state index contributed by atoms with van der Waals surface area (Å²) in [5.41, 5.74) is 2.08. The molecule has 0 aliphatic carbocycles. The first-order valence-corrected chi connectivity index (χ1v) is 10.5. The summed E-state index contributed by atoms with van der Waals surface area (Å²) in [6, 6.07) is 17.9. The molecular formula is C22H26N4O2S. The second-order valence-corrected chi connectivity index (χ2v) is 7.97. The molecule has 2 aromatic carbocycles. The maximum atomic E-state index is 12.6. The number of benzene rings is 2. The van der Waals surface area contributed by atoms with E-state index < -0.39 is 0 Å². The average Bonchev–Trinajstić information content (AvgIpc) is 3.17. The Hall–Kier alpha value is -2.80. The minimum Gasteiger partial charge on any atom is -0.497 e. The van der Waals surface area contributed by atoms with Crippen LogP contribution < -0.4 is 4.74 Å². The number of aromatic nitrogens is 3. The van der Waals surface area contributed by atoms with Crippen molar-refractivity contribution in [1.82, 2.24) is 19.7 Å². The molecule has 1 heterocycles. The zero-order valence-electron chi connectivity index (χ0n) is 17.2. The third-order valence-corrected chi connectivity index (χ3v) is 5.47. The van der Waals surface area contributed by atoms with Crippen LogP contribution in [0.25, 0.3) is 11.4 Å². The predicted octanol–water partition coefficient (Wildman–Crippen LogP) is 4.29. The van der Waals surface area contributed by atoms with Gasteiger partial charge in [0.15, 0.2) is 11.0 Å². The fourth-order valence-corrected chi connectivity index (χ4v) is 3.97. The van der Waals surface area contributed by atoms with E-state index >= 15 is 0 Å². The number of carbonyl (C=O) groups is 1. The van der Waals surface area contributed by atoms with Gasteiger partial charge in [-0.05, 0) is 43.7 Å². The average molecular weight is 411 g/mol. The van der Waals surface area contributed by atoms with Crippen molar-refractivity contribution in [1.29, 1.82) is 0 Å². The van der Waals surface area contributed by atoms with Crippen LogP contribution in [0.15, 0.2) is 59.8 Å². The van der Waals surface area contributed by atoms with Gasteiger partial charge in [-0.3, -0.25) is 9.36 Å². The second kappa shape index (κ2) is 9.60. The first-order chi connectivity index (χ1) is 14.0. The summed E-state index contributed by atoms with van der Waals surface area (Å²) in [4.78, 5) is 14.3. The Labute approximate surface area is 175 Å². The largest absolute Gasteiger partial charge is 0.497 e. The molecule has 152 valence electrons. The summed E-state index contributed by atoms with van der Waals surface area (Å²) in [7, 11) is 3.47.